The molecule has 1 saturated heterocycles. The van der Waals surface area contributed by atoms with Crippen molar-refractivity contribution in [1.82, 2.24) is 10.2 Å². The highest BCUT2D eigenvalue weighted by molar-refractivity contribution is 7.14. The Bertz CT molecular complexity index is 710. The Morgan fingerprint density at radius 1 is 1.19 bits per heavy atom. The Balaban J connectivity index is 1.42. The molecular formula is C21H28N2O2S2. The number of carbonyl (C=O) groups excluding carboxylic acids is 1. The lowest BCUT2D eigenvalue weighted by Gasteiger charge is -2.34. The summed E-state index contributed by atoms with van der Waals surface area (Å²) in [5, 5.41) is 5.34. The minimum Gasteiger partial charge on any atom is -0.379 e. The molecule has 0 saturated carbocycles. The summed E-state index contributed by atoms with van der Waals surface area (Å²) >= 11 is 3.48. The number of hydrogen-bond acceptors (Lipinski definition) is 5. The Kier molecular flexibility index (Phi) is 6.60. The molecule has 146 valence electrons. The van der Waals surface area contributed by atoms with Gasteiger partial charge in [-0.1, -0.05) is 18.9 Å². The number of carbonyl (C=O) groups is 1. The summed E-state index contributed by atoms with van der Waals surface area (Å²) in [5.74, 6) is 0.0848. The van der Waals surface area contributed by atoms with Crippen molar-refractivity contribution in [2.24, 2.45) is 0 Å². The summed E-state index contributed by atoms with van der Waals surface area (Å²) in [6.07, 6.45) is 7.41. The Morgan fingerprint density at radius 3 is 2.78 bits per heavy atom. The van der Waals surface area contributed by atoms with E-state index in [1.165, 1.54) is 41.0 Å². The first kappa shape index (κ1) is 19.1. The smallest absolute Gasteiger partial charge is 0.261 e. The van der Waals surface area contributed by atoms with E-state index in [1.807, 2.05) is 0 Å². The number of nitrogens with one attached hydrogen (secondary N) is 1. The van der Waals surface area contributed by atoms with Crippen LogP contribution in [0.1, 0.15) is 56.7 Å². The lowest BCUT2D eigenvalue weighted by molar-refractivity contribution is 0.0169. The van der Waals surface area contributed by atoms with Crippen LogP contribution in [0.25, 0.3) is 0 Å². The maximum absolute atomic E-state index is 12.9. The van der Waals surface area contributed by atoms with E-state index < -0.39 is 0 Å². The number of morpholine rings is 1. The molecule has 1 aliphatic heterocycles. The Morgan fingerprint density at radius 2 is 2.00 bits per heavy atom. The van der Waals surface area contributed by atoms with E-state index in [1.54, 1.807) is 22.7 Å². The maximum atomic E-state index is 12.9. The summed E-state index contributed by atoms with van der Waals surface area (Å²) in [4.78, 5) is 18.9. The molecule has 1 aliphatic carbocycles. The highest BCUT2D eigenvalue weighted by Gasteiger charge is 2.24. The molecule has 3 heterocycles. The summed E-state index contributed by atoms with van der Waals surface area (Å²) in [7, 11) is 0. The second-order valence-corrected chi connectivity index (χ2v) is 9.48. The van der Waals surface area contributed by atoms with Crippen LogP contribution in [0.2, 0.25) is 0 Å². The molecular weight excluding hydrogens is 376 g/mol. The zero-order valence-electron chi connectivity index (χ0n) is 15.7. The van der Waals surface area contributed by atoms with Gasteiger partial charge in [0.25, 0.3) is 5.91 Å². The number of hydrogen-bond donors (Lipinski definition) is 1. The topological polar surface area (TPSA) is 41.6 Å². The highest BCUT2D eigenvalue weighted by Crippen LogP contribution is 2.29. The van der Waals surface area contributed by atoms with Crippen molar-refractivity contribution in [3.63, 3.8) is 0 Å². The van der Waals surface area contributed by atoms with Crippen LogP contribution in [0.3, 0.4) is 0 Å². The molecule has 1 fully saturated rings. The van der Waals surface area contributed by atoms with Gasteiger partial charge >= 0.3 is 0 Å². The fourth-order valence-electron chi connectivity index (χ4n) is 4.01. The monoisotopic (exact) mass is 404 g/mol. The minimum atomic E-state index is 0.0848. The normalized spacial score (nSPS) is 19.7. The number of rotatable bonds is 5. The standard InChI is InChI=1S/C21H28N2O2S2/c24-21(20-14-16-6-3-1-2-4-7-18(16)27-20)22-15-17(19-8-5-13-26-19)23-9-11-25-12-10-23/h5,8,13-14,17H,1-4,6-7,9-12,15H2,(H,22,24)/t17-/m1/s1. The lowest BCUT2D eigenvalue weighted by Crippen LogP contribution is -2.43. The number of aryl methyl sites for hydroxylation is 2. The lowest BCUT2D eigenvalue weighted by atomic mass is 10.00. The average molecular weight is 405 g/mol. The summed E-state index contributed by atoms with van der Waals surface area (Å²) in [6.45, 7) is 4.04. The molecule has 4 rings (SSSR count). The van der Waals surface area contributed by atoms with Gasteiger partial charge in [0, 0.05) is 29.4 Å². The van der Waals surface area contributed by atoms with Crippen LogP contribution < -0.4 is 5.32 Å². The minimum absolute atomic E-state index is 0.0848. The average Bonchev–Trinajstić information content (AvgIpc) is 3.33. The van der Waals surface area contributed by atoms with Crippen molar-refractivity contribution in [3.05, 3.63) is 43.8 Å². The van der Waals surface area contributed by atoms with Gasteiger partial charge in [-0.3, -0.25) is 9.69 Å². The second-order valence-electron chi connectivity index (χ2n) is 7.36. The molecule has 0 spiro atoms. The summed E-state index contributed by atoms with van der Waals surface area (Å²) < 4.78 is 5.51. The molecule has 1 N–H and O–H groups in total. The van der Waals surface area contributed by atoms with Crippen molar-refractivity contribution >= 4 is 28.6 Å². The summed E-state index contributed by atoms with van der Waals surface area (Å²) in [5.41, 5.74) is 1.41. The molecule has 1 amide bonds. The largest absolute Gasteiger partial charge is 0.379 e. The molecule has 0 aromatic carbocycles. The Labute approximate surface area is 169 Å². The number of amides is 1. The molecule has 27 heavy (non-hydrogen) atoms. The van der Waals surface area contributed by atoms with E-state index in [0.717, 1.165) is 44.0 Å². The molecule has 2 aromatic rings. The molecule has 2 aromatic heterocycles. The van der Waals surface area contributed by atoms with Gasteiger partial charge in [0.1, 0.15) is 0 Å². The van der Waals surface area contributed by atoms with Crippen LogP contribution in [0, 0.1) is 0 Å². The maximum Gasteiger partial charge on any atom is 0.261 e. The first-order chi connectivity index (χ1) is 13.3. The number of ether oxygens (including phenoxy) is 1. The van der Waals surface area contributed by atoms with Crippen LogP contribution in [-0.2, 0) is 17.6 Å². The molecule has 2 aliphatic rings. The highest BCUT2D eigenvalue weighted by atomic mass is 32.1. The van der Waals surface area contributed by atoms with E-state index in [-0.39, 0.29) is 11.9 Å². The van der Waals surface area contributed by atoms with Crippen molar-refractivity contribution in [1.29, 1.82) is 0 Å². The Hall–Kier alpha value is -1.21. The van der Waals surface area contributed by atoms with Gasteiger partial charge in [0.05, 0.1) is 24.1 Å². The first-order valence-electron chi connectivity index (χ1n) is 10.1. The van der Waals surface area contributed by atoms with Crippen molar-refractivity contribution in [2.45, 2.75) is 44.6 Å². The molecule has 1 atom stereocenters. The van der Waals surface area contributed by atoms with Gasteiger partial charge in [-0.25, -0.2) is 0 Å². The number of fused-ring (bicyclic) bond motifs is 1. The number of thiophene rings is 2. The molecule has 6 heteroatoms. The van der Waals surface area contributed by atoms with E-state index >= 15 is 0 Å². The van der Waals surface area contributed by atoms with Crippen LogP contribution in [-0.4, -0.2) is 43.7 Å². The van der Waals surface area contributed by atoms with Crippen molar-refractivity contribution < 1.29 is 9.53 Å². The van der Waals surface area contributed by atoms with Crippen LogP contribution in [0.5, 0.6) is 0 Å². The van der Waals surface area contributed by atoms with Gasteiger partial charge in [-0.2, -0.15) is 0 Å². The van der Waals surface area contributed by atoms with Crippen molar-refractivity contribution in [2.75, 3.05) is 32.8 Å². The van der Waals surface area contributed by atoms with E-state index in [2.05, 4.69) is 33.8 Å². The van der Waals surface area contributed by atoms with Gasteiger partial charge < -0.3 is 10.1 Å². The van der Waals surface area contributed by atoms with E-state index in [0.29, 0.717) is 6.54 Å². The molecule has 0 bridgehead atoms. The van der Waals surface area contributed by atoms with E-state index in [9.17, 15) is 4.79 Å². The molecule has 4 nitrogen and oxygen atoms in total. The molecule has 0 unspecified atom stereocenters. The zero-order chi connectivity index (χ0) is 18.5. The fourth-order valence-corrected chi connectivity index (χ4v) is 6.04. The predicted octanol–water partition coefficient (Wildman–Crippen LogP) is 4.27. The van der Waals surface area contributed by atoms with Gasteiger partial charge in [0.2, 0.25) is 0 Å². The van der Waals surface area contributed by atoms with Gasteiger partial charge in [0.15, 0.2) is 0 Å². The third-order valence-corrected chi connectivity index (χ3v) is 7.74. The predicted molar refractivity (Wildman–Crippen MR) is 112 cm³/mol. The van der Waals surface area contributed by atoms with E-state index in [4.69, 9.17) is 4.74 Å². The fraction of sp³-hybridized carbons (Fsp3) is 0.571. The zero-order valence-corrected chi connectivity index (χ0v) is 17.4. The SMILES string of the molecule is O=C(NC[C@H](c1cccs1)N1CCOCC1)c1cc2c(s1)CCCCCC2. The van der Waals surface area contributed by atoms with Crippen LogP contribution >= 0.6 is 22.7 Å². The quantitative estimate of drug-likeness (QED) is 0.809. The van der Waals surface area contributed by atoms with Crippen LogP contribution in [0.15, 0.2) is 23.6 Å². The third-order valence-electron chi connectivity index (χ3n) is 5.53. The van der Waals surface area contributed by atoms with Crippen molar-refractivity contribution in [3.8, 4) is 0 Å². The first-order valence-corrected chi connectivity index (χ1v) is 11.8. The van der Waals surface area contributed by atoms with Gasteiger partial charge in [-0.15, -0.1) is 22.7 Å². The second kappa shape index (κ2) is 9.32. The number of nitrogens with zero attached hydrogens (tertiary/aromatic N) is 1. The van der Waals surface area contributed by atoms with Gasteiger partial charge in [-0.05, 0) is 48.8 Å². The third kappa shape index (κ3) is 4.80. The molecule has 0 radical (unpaired) electrons. The summed E-state index contributed by atoms with van der Waals surface area (Å²) in [6, 6.07) is 6.65. The van der Waals surface area contributed by atoms with Crippen LogP contribution in [0.4, 0.5) is 0 Å².